The zero-order chi connectivity index (χ0) is 15.9. The van der Waals surface area contributed by atoms with Crippen molar-refractivity contribution in [3.05, 3.63) is 0 Å². The van der Waals surface area contributed by atoms with E-state index < -0.39 is 0 Å². The first-order valence-corrected chi connectivity index (χ1v) is 9.18. The average molecular weight is 312 g/mol. The Morgan fingerprint density at radius 1 is 0.783 bits per heavy atom. The molecule has 23 heavy (non-hydrogen) atoms. The number of hydrogen-bond acceptors (Lipinski definition) is 3. The lowest BCUT2D eigenvalue weighted by atomic mass is 9.66. The lowest BCUT2D eigenvalue weighted by Gasteiger charge is -2.52. The second kappa shape index (κ2) is 5.82. The molecule has 6 aliphatic heterocycles. The first kappa shape index (κ1) is 15.5. The van der Waals surface area contributed by atoms with Crippen LogP contribution < -0.4 is 0 Å². The molecule has 4 bridgehead atoms. The maximum absolute atomic E-state index is 6.27. The van der Waals surface area contributed by atoms with E-state index in [0.29, 0.717) is 25.0 Å². The van der Waals surface area contributed by atoms with Crippen molar-refractivity contribution in [2.45, 2.75) is 25.7 Å². The highest BCUT2D eigenvalue weighted by Gasteiger charge is 2.48. The molecular weight excluding hydrogens is 284 g/mol. The molecule has 0 aromatic carbocycles. The second-order valence-corrected chi connectivity index (χ2v) is 8.19. The average Bonchev–Trinajstić information content (AvgIpc) is 2.63. The molecule has 6 fully saturated rings. The highest BCUT2D eigenvalue weighted by Crippen LogP contribution is 2.44. The monoisotopic (exact) mass is 312 g/mol. The predicted molar refractivity (Wildman–Crippen MR) is 91.7 cm³/mol. The third-order valence-corrected chi connectivity index (χ3v) is 7.04. The summed E-state index contributed by atoms with van der Waals surface area (Å²) in [6.07, 6.45) is 16.8. The number of piperidine rings is 6. The minimum absolute atomic E-state index is 0.0831. The molecule has 0 aliphatic carbocycles. The van der Waals surface area contributed by atoms with Gasteiger partial charge in [-0.25, -0.2) is 0 Å². The molecule has 0 N–H and O–H groups in total. The number of rotatable bonds is 4. The van der Waals surface area contributed by atoms with E-state index in [0.717, 1.165) is 13.1 Å². The SMILES string of the molecule is C#CC1(COCC2(C#C)CN3CCC2CC3)CN2CCC1CC2. The lowest BCUT2D eigenvalue weighted by molar-refractivity contribution is -0.0881. The number of fused-ring (bicyclic) bond motifs is 6. The van der Waals surface area contributed by atoms with E-state index in [4.69, 9.17) is 17.6 Å². The van der Waals surface area contributed by atoms with Crippen LogP contribution in [0.1, 0.15) is 25.7 Å². The molecular formula is C20H28N2O. The van der Waals surface area contributed by atoms with Crippen molar-refractivity contribution in [3.63, 3.8) is 0 Å². The normalized spacial score (nSPS) is 47.9. The fourth-order valence-corrected chi connectivity index (χ4v) is 5.50. The molecule has 0 aromatic heterocycles. The zero-order valence-corrected chi connectivity index (χ0v) is 14.1. The second-order valence-electron chi connectivity index (χ2n) is 8.19. The molecule has 0 aromatic rings. The summed E-state index contributed by atoms with van der Waals surface area (Å²) in [7, 11) is 0. The van der Waals surface area contributed by atoms with Gasteiger partial charge in [0.2, 0.25) is 0 Å². The van der Waals surface area contributed by atoms with Gasteiger partial charge < -0.3 is 14.5 Å². The molecule has 3 nitrogen and oxygen atoms in total. The molecule has 6 heterocycles. The molecule has 124 valence electrons. The topological polar surface area (TPSA) is 15.7 Å². The van der Waals surface area contributed by atoms with Crippen molar-refractivity contribution in [3.8, 4) is 24.7 Å². The van der Waals surface area contributed by atoms with Crippen molar-refractivity contribution in [2.24, 2.45) is 22.7 Å². The smallest absolute Gasteiger partial charge is 0.0700 e. The Balaban J connectivity index is 1.41. The van der Waals surface area contributed by atoms with Crippen LogP contribution in [0.2, 0.25) is 0 Å². The molecule has 6 saturated heterocycles. The fourth-order valence-electron chi connectivity index (χ4n) is 5.50. The first-order valence-electron chi connectivity index (χ1n) is 9.18. The van der Waals surface area contributed by atoms with E-state index in [1.165, 1.54) is 51.9 Å². The van der Waals surface area contributed by atoms with Gasteiger partial charge in [0.1, 0.15) is 0 Å². The quantitative estimate of drug-likeness (QED) is 0.735. The maximum Gasteiger partial charge on any atom is 0.0700 e. The number of nitrogens with zero attached hydrogens (tertiary/aromatic N) is 2. The van der Waals surface area contributed by atoms with Crippen LogP contribution in [0.25, 0.3) is 0 Å². The molecule has 2 atom stereocenters. The summed E-state index contributed by atoms with van der Waals surface area (Å²) in [4.78, 5) is 5.02. The van der Waals surface area contributed by atoms with Crippen molar-refractivity contribution < 1.29 is 4.74 Å². The number of hydrogen-bond donors (Lipinski definition) is 0. The Bertz CT molecular complexity index is 483. The molecule has 0 amide bonds. The minimum Gasteiger partial charge on any atom is -0.378 e. The summed E-state index contributed by atoms with van der Waals surface area (Å²) in [5.74, 6) is 7.51. The summed E-state index contributed by atoms with van der Waals surface area (Å²) in [5.41, 5.74) is -0.166. The van der Waals surface area contributed by atoms with Crippen LogP contribution in [0.5, 0.6) is 0 Å². The van der Waals surface area contributed by atoms with Gasteiger partial charge >= 0.3 is 0 Å². The summed E-state index contributed by atoms with van der Waals surface area (Å²) in [6, 6.07) is 0. The molecule has 3 heteroatoms. The van der Waals surface area contributed by atoms with Gasteiger partial charge in [0.05, 0.1) is 24.0 Å². The highest BCUT2D eigenvalue weighted by molar-refractivity contribution is 5.16. The summed E-state index contributed by atoms with van der Waals surface area (Å²) < 4.78 is 6.27. The van der Waals surface area contributed by atoms with Crippen LogP contribution in [0.15, 0.2) is 0 Å². The standard InChI is InChI=1S/C20H28N2O/c1-3-19(13-21-9-5-17(19)6-10-21)15-23-16-20(4-2)14-22-11-7-18(20)8-12-22/h1-2,17-18H,5-16H2. The predicted octanol–water partition coefficient (Wildman–Crippen LogP) is 1.69. The van der Waals surface area contributed by atoms with Crippen LogP contribution in [0.4, 0.5) is 0 Å². The largest absolute Gasteiger partial charge is 0.378 e. The zero-order valence-electron chi connectivity index (χ0n) is 14.1. The Kier molecular flexibility index (Phi) is 3.93. The Morgan fingerprint density at radius 2 is 1.17 bits per heavy atom. The fraction of sp³-hybridized carbons (Fsp3) is 0.800. The summed E-state index contributed by atoms with van der Waals surface area (Å²) in [5, 5.41) is 0. The van der Waals surface area contributed by atoms with E-state index >= 15 is 0 Å². The van der Waals surface area contributed by atoms with E-state index in [1.807, 2.05) is 0 Å². The van der Waals surface area contributed by atoms with Gasteiger partial charge in [0.15, 0.2) is 0 Å². The van der Waals surface area contributed by atoms with E-state index in [-0.39, 0.29) is 10.8 Å². The van der Waals surface area contributed by atoms with Crippen LogP contribution in [0, 0.1) is 47.4 Å². The summed E-state index contributed by atoms with van der Waals surface area (Å²) >= 11 is 0. The first-order chi connectivity index (χ1) is 11.2. The van der Waals surface area contributed by atoms with Crippen molar-refractivity contribution >= 4 is 0 Å². The molecule has 0 saturated carbocycles. The van der Waals surface area contributed by atoms with Gasteiger partial charge in [0, 0.05) is 13.1 Å². The Morgan fingerprint density at radius 3 is 1.43 bits per heavy atom. The van der Waals surface area contributed by atoms with Gasteiger partial charge in [0.25, 0.3) is 0 Å². The van der Waals surface area contributed by atoms with Crippen molar-refractivity contribution in [2.75, 3.05) is 52.5 Å². The molecule has 6 rings (SSSR count). The van der Waals surface area contributed by atoms with Gasteiger partial charge in [-0.2, -0.15) is 0 Å². The third-order valence-electron chi connectivity index (χ3n) is 7.04. The molecule has 0 spiro atoms. The van der Waals surface area contributed by atoms with Gasteiger partial charge in [-0.1, -0.05) is 11.8 Å². The molecule has 6 aliphatic rings. The molecule has 2 unspecified atom stereocenters. The van der Waals surface area contributed by atoms with E-state index in [2.05, 4.69) is 21.6 Å². The highest BCUT2D eigenvalue weighted by atomic mass is 16.5. The molecule has 0 radical (unpaired) electrons. The van der Waals surface area contributed by atoms with Crippen LogP contribution in [-0.4, -0.2) is 62.3 Å². The van der Waals surface area contributed by atoms with Crippen molar-refractivity contribution in [1.29, 1.82) is 0 Å². The minimum atomic E-state index is -0.0831. The Hall–Kier alpha value is -1.00. The summed E-state index contributed by atoms with van der Waals surface area (Å²) in [6.45, 7) is 8.21. The van der Waals surface area contributed by atoms with Crippen LogP contribution in [0.3, 0.4) is 0 Å². The van der Waals surface area contributed by atoms with Crippen LogP contribution in [-0.2, 0) is 4.74 Å². The van der Waals surface area contributed by atoms with Crippen LogP contribution >= 0.6 is 0 Å². The van der Waals surface area contributed by atoms with Crippen molar-refractivity contribution in [1.82, 2.24) is 9.80 Å². The maximum atomic E-state index is 6.27. The van der Waals surface area contributed by atoms with Gasteiger partial charge in [-0.05, 0) is 63.7 Å². The van der Waals surface area contributed by atoms with Gasteiger partial charge in [-0.15, -0.1) is 12.8 Å². The third kappa shape index (κ3) is 2.51. The number of ether oxygens (including phenoxy) is 1. The van der Waals surface area contributed by atoms with Gasteiger partial charge in [-0.3, -0.25) is 0 Å². The number of terminal acetylenes is 2. The van der Waals surface area contributed by atoms with E-state index in [1.54, 1.807) is 0 Å². The lowest BCUT2D eigenvalue weighted by Crippen LogP contribution is -2.58. The van der Waals surface area contributed by atoms with E-state index in [9.17, 15) is 0 Å². The Labute approximate surface area is 140 Å².